The maximum absolute atomic E-state index is 12.3. The molecule has 0 radical (unpaired) electrons. The molecule has 3 heterocycles. The number of fused-ring (bicyclic) bond motifs is 1. The Kier molecular flexibility index (Phi) is 3.60. The van der Waals surface area contributed by atoms with Crippen LogP contribution in [0.1, 0.15) is 18.5 Å². The fraction of sp³-hybridized carbons (Fsp3) is 0.400. The normalized spacial score (nSPS) is 18.9. The Morgan fingerprint density at radius 1 is 1.38 bits per heavy atom. The summed E-state index contributed by atoms with van der Waals surface area (Å²) in [6, 6.07) is 5.69. The Morgan fingerprint density at radius 2 is 2.24 bits per heavy atom. The first-order valence-corrected chi connectivity index (χ1v) is 7.06. The van der Waals surface area contributed by atoms with Crippen molar-refractivity contribution in [2.45, 2.75) is 19.3 Å². The van der Waals surface area contributed by atoms with Gasteiger partial charge in [-0.15, -0.1) is 0 Å². The van der Waals surface area contributed by atoms with Crippen molar-refractivity contribution in [3.05, 3.63) is 36.3 Å². The van der Waals surface area contributed by atoms with Gasteiger partial charge in [-0.3, -0.25) is 9.59 Å². The minimum Gasteiger partial charge on any atom is -0.481 e. The molecule has 6 nitrogen and oxygen atoms in total. The fourth-order valence-electron chi connectivity index (χ4n) is 2.74. The van der Waals surface area contributed by atoms with Gasteiger partial charge < -0.3 is 14.4 Å². The highest BCUT2D eigenvalue weighted by Crippen LogP contribution is 2.17. The number of amides is 1. The summed E-state index contributed by atoms with van der Waals surface area (Å²) in [5.74, 6) is -1.31. The molecule has 1 amide bonds. The minimum absolute atomic E-state index is 0.0515. The zero-order valence-corrected chi connectivity index (χ0v) is 11.6. The van der Waals surface area contributed by atoms with E-state index in [0.717, 1.165) is 12.1 Å². The van der Waals surface area contributed by atoms with Crippen LogP contribution in [0.15, 0.2) is 30.6 Å². The van der Waals surface area contributed by atoms with E-state index in [9.17, 15) is 9.59 Å². The van der Waals surface area contributed by atoms with Crippen LogP contribution >= 0.6 is 0 Å². The first-order valence-electron chi connectivity index (χ1n) is 7.06. The third kappa shape index (κ3) is 2.89. The second-order valence-corrected chi connectivity index (χ2v) is 5.39. The average Bonchev–Trinajstić information content (AvgIpc) is 2.89. The molecule has 3 rings (SSSR count). The van der Waals surface area contributed by atoms with Crippen LogP contribution in [0.2, 0.25) is 0 Å². The molecule has 1 aliphatic rings. The summed E-state index contributed by atoms with van der Waals surface area (Å²) in [4.78, 5) is 29.4. The molecule has 2 aromatic rings. The summed E-state index contributed by atoms with van der Waals surface area (Å²) < 4.78 is 1.87. The number of hydrogen-bond donors (Lipinski definition) is 1. The number of imidazole rings is 1. The van der Waals surface area contributed by atoms with Crippen molar-refractivity contribution in [2.75, 3.05) is 13.1 Å². The van der Waals surface area contributed by atoms with E-state index in [-0.39, 0.29) is 12.3 Å². The summed E-state index contributed by atoms with van der Waals surface area (Å²) in [5, 5.41) is 9.07. The lowest BCUT2D eigenvalue weighted by molar-refractivity contribution is -0.145. The van der Waals surface area contributed by atoms with Crippen LogP contribution < -0.4 is 0 Å². The van der Waals surface area contributed by atoms with Crippen molar-refractivity contribution in [3.8, 4) is 0 Å². The highest BCUT2D eigenvalue weighted by Gasteiger charge is 2.28. The average molecular weight is 287 g/mol. The van der Waals surface area contributed by atoms with Crippen molar-refractivity contribution in [3.63, 3.8) is 0 Å². The second kappa shape index (κ2) is 5.55. The van der Waals surface area contributed by atoms with E-state index in [2.05, 4.69) is 4.98 Å². The van der Waals surface area contributed by atoms with E-state index >= 15 is 0 Å². The van der Waals surface area contributed by atoms with Crippen LogP contribution in [-0.4, -0.2) is 44.4 Å². The van der Waals surface area contributed by atoms with E-state index < -0.39 is 11.9 Å². The molecule has 0 unspecified atom stereocenters. The van der Waals surface area contributed by atoms with Gasteiger partial charge in [-0.25, -0.2) is 4.98 Å². The molecule has 1 fully saturated rings. The standard InChI is InChI=1S/C15H17N3O3/c19-14(18-7-3-4-11(9-18)15(20)21)8-12-10-17-6-2-1-5-13(17)16-12/h1-2,5-6,10-11H,3-4,7-9H2,(H,20,21)/t11-/m0/s1. The zero-order valence-electron chi connectivity index (χ0n) is 11.6. The monoisotopic (exact) mass is 287 g/mol. The van der Waals surface area contributed by atoms with Gasteiger partial charge in [0.1, 0.15) is 5.65 Å². The number of pyridine rings is 1. The number of carboxylic acids is 1. The summed E-state index contributed by atoms with van der Waals surface area (Å²) in [7, 11) is 0. The van der Waals surface area contributed by atoms with Crippen LogP contribution in [0.4, 0.5) is 0 Å². The lowest BCUT2D eigenvalue weighted by Crippen LogP contribution is -2.43. The van der Waals surface area contributed by atoms with Crippen LogP contribution in [0.25, 0.3) is 5.65 Å². The molecule has 0 aromatic carbocycles. The van der Waals surface area contributed by atoms with Crippen LogP contribution in [0.5, 0.6) is 0 Å². The number of carbonyl (C=O) groups excluding carboxylic acids is 1. The van der Waals surface area contributed by atoms with Gasteiger partial charge in [0.05, 0.1) is 18.0 Å². The molecule has 1 N–H and O–H groups in total. The maximum atomic E-state index is 12.3. The molecular weight excluding hydrogens is 270 g/mol. The number of rotatable bonds is 3. The van der Waals surface area contributed by atoms with E-state index in [4.69, 9.17) is 5.11 Å². The number of piperidine rings is 1. The minimum atomic E-state index is -0.819. The molecule has 1 saturated heterocycles. The van der Waals surface area contributed by atoms with E-state index in [1.54, 1.807) is 4.90 Å². The van der Waals surface area contributed by atoms with Crippen LogP contribution in [0, 0.1) is 5.92 Å². The summed E-state index contributed by atoms with van der Waals surface area (Å²) in [6.07, 6.45) is 5.33. The van der Waals surface area contributed by atoms with Crippen molar-refractivity contribution in [2.24, 2.45) is 5.92 Å². The first kappa shape index (κ1) is 13.6. The van der Waals surface area contributed by atoms with E-state index in [0.29, 0.717) is 25.2 Å². The van der Waals surface area contributed by atoms with Gasteiger partial charge in [-0.1, -0.05) is 6.07 Å². The molecular formula is C15H17N3O3. The Balaban J connectivity index is 1.69. The van der Waals surface area contributed by atoms with Gasteiger partial charge in [0.2, 0.25) is 5.91 Å². The Morgan fingerprint density at radius 3 is 3.00 bits per heavy atom. The molecule has 1 aliphatic heterocycles. The molecule has 1 atom stereocenters. The molecule has 0 spiro atoms. The zero-order chi connectivity index (χ0) is 14.8. The van der Waals surface area contributed by atoms with Gasteiger partial charge in [0.25, 0.3) is 0 Å². The quantitative estimate of drug-likeness (QED) is 0.920. The van der Waals surface area contributed by atoms with Crippen molar-refractivity contribution in [1.82, 2.24) is 14.3 Å². The molecule has 21 heavy (non-hydrogen) atoms. The molecule has 6 heteroatoms. The van der Waals surface area contributed by atoms with E-state index in [1.165, 1.54) is 0 Å². The van der Waals surface area contributed by atoms with Gasteiger partial charge in [0.15, 0.2) is 0 Å². The number of aromatic nitrogens is 2. The third-order valence-corrected chi connectivity index (χ3v) is 3.87. The number of hydrogen-bond acceptors (Lipinski definition) is 3. The lowest BCUT2D eigenvalue weighted by atomic mass is 9.98. The summed E-state index contributed by atoms with van der Waals surface area (Å²) in [6.45, 7) is 0.942. The molecule has 2 aromatic heterocycles. The van der Waals surface area contributed by atoms with Gasteiger partial charge >= 0.3 is 5.97 Å². The second-order valence-electron chi connectivity index (χ2n) is 5.39. The number of carbonyl (C=O) groups is 2. The number of nitrogens with zero attached hydrogens (tertiary/aromatic N) is 3. The highest BCUT2D eigenvalue weighted by atomic mass is 16.4. The first-order chi connectivity index (χ1) is 10.1. The third-order valence-electron chi connectivity index (χ3n) is 3.87. The van der Waals surface area contributed by atoms with Crippen molar-refractivity contribution in [1.29, 1.82) is 0 Å². The Hall–Kier alpha value is -2.37. The lowest BCUT2D eigenvalue weighted by Gasteiger charge is -2.30. The SMILES string of the molecule is O=C(O)[C@H]1CCCN(C(=O)Cc2cn3ccccc3n2)C1. The van der Waals surface area contributed by atoms with Gasteiger partial charge in [-0.2, -0.15) is 0 Å². The smallest absolute Gasteiger partial charge is 0.308 e. The highest BCUT2D eigenvalue weighted by molar-refractivity contribution is 5.80. The Labute approximate surface area is 122 Å². The van der Waals surface area contributed by atoms with Crippen molar-refractivity contribution >= 4 is 17.5 Å². The van der Waals surface area contributed by atoms with Crippen LogP contribution in [0.3, 0.4) is 0 Å². The molecule has 110 valence electrons. The van der Waals surface area contributed by atoms with Gasteiger partial charge in [-0.05, 0) is 25.0 Å². The Bertz CT molecular complexity index is 647. The van der Waals surface area contributed by atoms with Crippen molar-refractivity contribution < 1.29 is 14.7 Å². The molecule has 0 bridgehead atoms. The predicted molar refractivity (Wildman–Crippen MR) is 75.8 cm³/mol. The number of aliphatic carboxylic acids is 1. The van der Waals surface area contributed by atoms with Gasteiger partial charge in [0, 0.05) is 25.5 Å². The van der Waals surface area contributed by atoms with Crippen LogP contribution in [-0.2, 0) is 16.0 Å². The number of carboxylic acid groups (broad SMARTS) is 1. The van der Waals surface area contributed by atoms with E-state index in [1.807, 2.05) is 35.0 Å². The summed E-state index contributed by atoms with van der Waals surface area (Å²) in [5.41, 5.74) is 1.52. The predicted octanol–water partition coefficient (Wildman–Crippen LogP) is 1.20. The fourth-order valence-corrected chi connectivity index (χ4v) is 2.74. The maximum Gasteiger partial charge on any atom is 0.308 e. The topological polar surface area (TPSA) is 74.9 Å². The largest absolute Gasteiger partial charge is 0.481 e. The molecule has 0 saturated carbocycles. The number of likely N-dealkylation sites (tertiary alicyclic amines) is 1. The molecule has 0 aliphatic carbocycles. The summed E-state index contributed by atoms with van der Waals surface area (Å²) >= 11 is 0.